The topological polar surface area (TPSA) is 37.3 Å². The zero-order chi connectivity index (χ0) is 21.9. The summed E-state index contributed by atoms with van der Waals surface area (Å²) < 4.78 is 0. The molecule has 0 heterocycles. The summed E-state index contributed by atoms with van der Waals surface area (Å²) in [5, 5.41) is 10.6. The minimum absolute atomic E-state index is 0.00913. The van der Waals surface area contributed by atoms with Gasteiger partial charge < -0.3 is 5.11 Å². The molecule has 2 saturated carbocycles. The Morgan fingerprint density at radius 3 is 2.37 bits per heavy atom. The van der Waals surface area contributed by atoms with Crippen LogP contribution in [0.15, 0.2) is 11.1 Å². The fourth-order valence-corrected chi connectivity index (χ4v) is 8.50. The molecule has 0 aromatic rings. The molecule has 0 aromatic carbocycles. The van der Waals surface area contributed by atoms with E-state index in [9.17, 15) is 9.90 Å². The SMILES string of the molecule is CC(C)CCC[C@@H](C)[C@H]1CC[C@H]2C3=C(CC[C@]12C)[C@@]1(C)CC[C@@](C)(O)C(=O)[C@@H]1CC3. The van der Waals surface area contributed by atoms with Gasteiger partial charge in [0.15, 0.2) is 5.78 Å². The van der Waals surface area contributed by atoms with Gasteiger partial charge in [0.05, 0.1) is 0 Å². The molecule has 4 aliphatic rings. The minimum Gasteiger partial charge on any atom is -0.382 e. The average molecular weight is 415 g/mol. The summed E-state index contributed by atoms with van der Waals surface area (Å²) in [6.07, 6.45) is 13.1. The molecule has 30 heavy (non-hydrogen) atoms. The Bertz CT molecular complexity index is 716. The van der Waals surface area contributed by atoms with Crippen LogP contribution in [0, 0.1) is 40.4 Å². The minimum atomic E-state index is -1.10. The zero-order valence-electron chi connectivity index (χ0n) is 20.5. The molecule has 0 unspecified atom stereocenters. The van der Waals surface area contributed by atoms with Crippen molar-refractivity contribution in [1.29, 1.82) is 0 Å². The Balaban J connectivity index is 1.56. The Hall–Kier alpha value is -0.630. The summed E-state index contributed by atoms with van der Waals surface area (Å²) in [5.41, 5.74) is 2.78. The number of allylic oxidation sites excluding steroid dienone is 2. The largest absolute Gasteiger partial charge is 0.382 e. The van der Waals surface area contributed by atoms with Crippen molar-refractivity contribution in [2.45, 2.75) is 118 Å². The van der Waals surface area contributed by atoms with Gasteiger partial charge in [-0.25, -0.2) is 0 Å². The highest BCUT2D eigenvalue weighted by Gasteiger charge is 2.58. The number of hydrogen-bond acceptors (Lipinski definition) is 2. The van der Waals surface area contributed by atoms with Crippen LogP contribution in [0.1, 0.15) is 112 Å². The molecule has 0 aliphatic heterocycles. The number of hydrogen-bond donors (Lipinski definition) is 1. The second-order valence-corrected chi connectivity index (χ2v) is 12.7. The average Bonchev–Trinajstić information content (AvgIpc) is 3.02. The van der Waals surface area contributed by atoms with E-state index in [0.717, 1.165) is 42.9 Å². The number of Topliss-reactive ketones (excluding diaryl/α,β-unsaturated/α-hetero) is 1. The molecule has 4 aliphatic carbocycles. The molecule has 170 valence electrons. The molecule has 0 radical (unpaired) electrons. The summed E-state index contributed by atoms with van der Waals surface area (Å²) in [6.45, 7) is 14.0. The van der Waals surface area contributed by atoms with Gasteiger partial charge in [-0.2, -0.15) is 0 Å². The van der Waals surface area contributed by atoms with Gasteiger partial charge in [-0.3, -0.25) is 4.79 Å². The molecule has 0 saturated heterocycles. The second-order valence-electron chi connectivity index (χ2n) is 12.7. The van der Waals surface area contributed by atoms with Crippen LogP contribution in [-0.2, 0) is 4.79 Å². The van der Waals surface area contributed by atoms with E-state index < -0.39 is 5.60 Å². The van der Waals surface area contributed by atoms with Gasteiger partial charge in [0.25, 0.3) is 0 Å². The van der Waals surface area contributed by atoms with Crippen LogP contribution in [0.2, 0.25) is 0 Å². The Morgan fingerprint density at radius 2 is 1.67 bits per heavy atom. The fourth-order valence-electron chi connectivity index (χ4n) is 8.50. The second kappa shape index (κ2) is 7.75. The van der Waals surface area contributed by atoms with Crippen molar-refractivity contribution in [3.8, 4) is 0 Å². The molecule has 1 N–H and O–H groups in total. The van der Waals surface area contributed by atoms with Crippen molar-refractivity contribution in [2.75, 3.05) is 0 Å². The molecular formula is C28H46O2. The molecule has 2 nitrogen and oxygen atoms in total. The predicted octanol–water partition coefficient (Wildman–Crippen LogP) is 7.10. The first-order chi connectivity index (χ1) is 14.0. The number of carbonyl (C=O) groups is 1. The Labute approximate surface area is 185 Å². The third-order valence-electron chi connectivity index (χ3n) is 10.4. The van der Waals surface area contributed by atoms with Crippen LogP contribution in [0.4, 0.5) is 0 Å². The highest BCUT2D eigenvalue weighted by Crippen LogP contribution is 2.66. The van der Waals surface area contributed by atoms with Crippen LogP contribution in [0.25, 0.3) is 0 Å². The number of aliphatic hydroxyl groups is 1. The van der Waals surface area contributed by atoms with E-state index in [0.29, 0.717) is 11.8 Å². The van der Waals surface area contributed by atoms with Crippen molar-refractivity contribution in [3.63, 3.8) is 0 Å². The van der Waals surface area contributed by atoms with Gasteiger partial charge in [-0.05, 0) is 92.8 Å². The van der Waals surface area contributed by atoms with E-state index in [2.05, 4.69) is 34.6 Å². The van der Waals surface area contributed by atoms with Crippen LogP contribution in [0.5, 0.6) is 0 Å². The third-order valence-corrected chi connectivity index (χ3v) is 10.4. The fraction of sp³-hybridized carbons (Fsp3) is 0.893. The maximum Gasteiger partial charge on any atom is 0.167 e. The van der Waals surface area contributed by atoms with E-state index in [4.69, 9.17) is 0 Å². The van der Waals surface area contributed by atoms with Gasteiger partial charge in [0.1, 0.15) is 5.60 Å². The quantitative estimate of drug-likeness (QED) is 0.487. The van der Waals surface area contributed by atoms with Crippen LogP contribution < -0.4 is 0 Å². The maximum absolute atomic E-state index is 13.1. The lowest BCUT2D eigenvalue weighted by Crippen LogP contribution is -2.54. The van der Waals surface area contributed by atoms with Crippen molar-refractivity contribution in [3.05, 3.63) is 11.1 Å². The number of rotatable bonds is 5. The van der Waals surface area contributed by atoms with Crippen molar-refractivity contribution >= 4 is 5.78 Å². The van der Waals surface area contributed by atoms with E-state index in [1.807, 2.05) is 0 Å². The van der Waals surface area contributed by atoms with Crippen molar-refractivity contribution in [2.24, 2.45) is 40.4 Å². The number of fused-ring (bicyclic) bond motifs is 4. The van der Waals surface area contributed by atoms with E-state index in [-0.39, 0.29) is 17.1 Å². The smallest absolute Gasteiger partial charge is 0.167 e. The summed E-state index contributed by atoms with van der Waals surface area (Å²) in [6, 6.07) is 0. The molecule has 0 amide bonds. The first kappa shape index (κ1) is 22.6. The molecule has 7 atom stereocenters. The molecule has 2 heteroatoms. The summed E-state index contributed by atoms with van der Waals surface area (Å²) in [4.78, 5) is 13.1. The lowest BCUT2D eigenvalue weighted by Gasteiger charge is -2.55. The first-order valence-electron chi connectivity index (χ1n) is 13.0. The molecular weight excluding hydrogens is 368 g/mol. The van der Waals surface area contributed by atoms with Crippen LogP contribution in [0.3, 0.4) is 0 Å². The Kier molecular flexibility index (Phi) is 5.83. The normalized spacial score (nSPS) is 44.7. The van der Waals surface area contributed by atoms with Gasteiger partial charge in [0, 0.05) is 5.92 Å². The lowest BCUT2D eigenvalue weighted by atomic mass is 9.49. The molecule has 4 rings (SSSR count). The summed E-state index contributed by atoms with van der Waals surface area (Å²) >= 11 is 0. The summed E-state index contributed by atoms with van der Waals surface area (Å²) in [7, 11) is 0. The highest BCUT2D eigenvalue weighted by atomic mass is 16.3. The van der Waals surface area contributed by atoms with Gasteiger partial charge in [-0.1, -0.05) is 65.0 Å². The van der Waals surface area contributed by atoms with E-state index in [1.165, 1.54) is 44.9 Å². The number of carbonyl (C=O) groups excluding carboxylic acids is 1. The van der Waals surface area contributed by atoms with E-state index in [1.54, 1.807) is 18.1 Å². The zero-order valence-corrected chi connectivity index (χ0v) is 20.5. The molecule has 0 aromatic heterocycles. The first-order valence-corrected chi connectivity index (χ1v) is 13.0. The maximum atomic E-state index is 13.1. The van der Waals surface area contributed by atoms with Gasteiger partial charge in [-0.15, -0.1) is 0 Å². The van der Waals surface area contributed by atoms with Crippen LogP contribution >= 0.6 is 0 Å². The predicted molar refractivity (Wildman–Crippen MR) is 124 cm³/mol. The highest BCUT2D eigenvalue weighted by molar-refractivity contribution is 5.91. The van der Waals surface area contributed by atoms with Crippen molar-refractivity contribution in [1.82, 2.24) is 0 Å². The monoisotopic (exact) mass is 414 g/mol. The summed E-state index contributed by atoms with van der Waals surface area (Å²) in [5.74, 6) is 3.42. The van der Waals surface area contributed by atoms with Crippen molar-refractivity contribution < 1.29 is 9.90 Å². The van der Waals surface area contributed by atoms with Gasteiger partial charge in [0.2, 0.25) is 0 Å². The molecule has 0 spiro atoms. The standard InChI is InChI=1S/C28H46O2/c1-18(2)8-7-9-19(3)21-12-13-22-20-10-11-24-25(29)28(6,30)17-16-27(24,5)23(20)14-15-26(21,22)4/h18-19,21-22,24,30H,7-17H2,1-6H3/t19-,21-,22+,24+,26-,27-,28-/m1/s1. The van der Waals surface area contributed by atoms with E-state index >= 15 is 0 Å². The molecule has 0 bridgehead atoms. The number of ketones is 1. The molecule has 2 fully saturated rings. The van der Waals surface area contributed by atoms with Gasteiger partial charge >= 0.3 is 0 Å². The third kappa shape index (κ3) is 3.44. The Morgan fingerprint density at radius 1 is 0.933 bits per heavy atom. The lowest BCUT2D eigenvalue weighted by molar-refractivity contribution is -0.152. The van der Waals surface area contributed by atoms with Crippen LogP contribution in [-0.4, -0.2) is 16.5 Å².